The van der Waals surface area contributed by atoms with Crippen molar-refractivity contribution in [1.82, 2.24) is 0 Å². The van der Waals surface area contributed by atoms with Crippen LogP contribution in [0.5, 0.6) is 5.75 Å². The zero-order valence-electron chi connectivity index (χ0n) is 14.2. The normalized spacial score (nSPS) is 12.0. The minimum atomic E-state index is -4.76. The molecule has 26 heavy (non-hydrogen) atoms. The molecule has 0 fully saturated rings. The quantitative estimate of drug-likeness (QED) is 0.380. The molecule has 1 unspecified atom stereocenters. The molecule has 8 nitrogen and oxygen atoms in total. The fourth-order valence-corrected chi connectivity index (χ4v) is 3.12. The molecule has 0 spiro atoms. The number of carbonyl (C=O) groups is 1. The van der Waals surface area contributed by atoms with Crippen LogP contribution in [0.2, 0.25) is 0 Å². The van der Waals surface area contributed by atoms with Gasteiger partial charge in [0.2, 0.25) is 0 Å². The van der Waals surface area contributed by atoms with Gasteiger partial charge in [-0.1, -0.05) is 12.1 Å². The molecular formula is C17H19AsN2O6. The number of hydrogen-bond donors (Lipinski definition) is 3. The van der Waals surface area contributed by atoms with Crippen molar-refractivity contribution in [2.24, 2.45) is 0 Å². The van der Waals surface area contributed by atoms with E-state index in [0.29, 0.717) is 23.6 Å². The fourth-order valence-electron chi connectivity index (χ4n) is 1.82. The van der Waals surface area contributed by atoms with Crippen molar-refractivity contribution in [3.63, 3.8) is 0 Å². The number of carbonyl (C=O) groups excluding carboxylic acids is 1. The van der Waals surface area contributed by atoms with E-state index in [-0.39, 0.29) is 10.3 Å². The van der Waals surface area contributed by atoms with Crippen LogP contribution in [-0.2, 0) is 12.4 Å². The van der Waals surface area contributed by atoms with E-state index >= 15 is 0 Å². The Morgan fingerprint density at radius 1 is 1.23 bits per heavy atom. The number of benzene rings is 2. The summed E-state index contributed by atoms with van der Waals surface area (Å²) in [7, 11) is 0. The van der Waals surface area contributed by atoms with Gasteiger partial charge in [0.15, 0.2) is 0 Å². The van der Waals surface area contributed by atoms with E-state index < -0.39 is 14.2 Å². The van der Waals surface area contributed by atoms with Gasteiger partial charge in [0.1, 0.15) is 11.8 Å². The first-order valence-electron chi connectivity index (χ1n) is 7.50. The maximum absolute atomic E-state index is 11.2. The predicted octanol–water partition coefficient (Wildman–Crippen LogP) is 1.66. The van der Waals surface area contributed by atoms with Gasteiger partial charge in [0, 0.05) is 0 Å². The Bertz CT molecular complexity index is 817. The van der Waals surface area contributed by atoms with Crippen LogP contribution in [0.3, 0.4) is 0 Å². The number of anilines is 1. The average molecular weight is 422 g/mol. The van der Waals surface area contributed by atoms with Crippen molar-refractivity contribution in [3.8, 4) is 11.8 Å². The molecule has 0 aliphatic rings. The van der Waals surface area contributed by atoms with E-state index in [1.54, 1.807) is 12.1 Å². The van der Waals surface area contributed by atoms with Gasteiger partial charge < -0.3 is 4.74 Å². The molecule has 0 saturated carbocycles. The Hall–Kier alpha value is -2.56. The van der Waals surface area contributed by atoms with Crippen LogP contribution in [0.1, 0.15) is 19.4 Å². The van der Waals surface area contributed by atoms with Gasteiger partial charge >= 0.3 is 88.4 Å². The third-order valence-corrected chi connectivity index (χ3v) is 5.39. The molecule has 2 aromatic carbocycles. The van der Waals surface area contributed by atoms with E-state index in [0.717, 1.165) is 0 Å². The molecule has 9 heteroatoms. The largest absolute Gasteiger partial charge is 0.492 e. The van der Waals surface area contributed by atoms with E-state index in [1.165, 1.54) is 31.2 Å². The number of nitrogens with one attached hydrogen (secondary N) is 1. The Morgan fingerprint density at radius 2 is 1.85 bits per heavy atom. The van der Waals surface area contributed by atoms with Crippen molar-refractivity contribution in [2.45, 2.75) is 13.8 Å². The molecular weight excluding hydrogens is 403 g/mol. The minimum Gasteiger partial charge on any atom is -0.492 e. The van der Waals surface area contributed by atoms with E-state index in [4.69, 9.17) is 19.4 Å². The predicted molar refractivity (Wildman–Crippen MR) is 95.1 cm³/mol. The molecule has 138 valence electrons. The first-order chi connectivity index (χ1) is 12.3. The van der Waals surface area contributed by atoms with Crippen molar-refractivity contribution < 1.29 is 26.5 Å². The molecule has 0 heterocycles. The third-order valence-electron chi connectivity index (χ3n) is 2.93. The first kappa shape index (κ1) is 21.5. The topological polar surface area (TPSA) is 129 Å². The Balaban J connectivity index is 0.000000273. The number of ether oxygens (including phenoxy) is 1. The summed E-state index contributed by atoms with van der Waals surface area (Å²) in [4.78, 5) is 10.7. The maximum Gasteiger partial charge on any atom is 0.137 e. The van der Waals surface area contributed by atoms with Crippen molar-refractivity contribution in [3.05, 3.63) is 54.1 Å². The van der Waals surface area contributed by atoms with Crippen LogP contribution in [0.25, 0.3) is 0 Å². The van der Waals surface area contributed by atoms with Gasteiger partial charge in [-0.3, -0.25) is 0 Å². The Morgan fingerprint density at radius 3 is 2.35 bits per heavy atom. The second-order valence-corrected chi connectivity index (χ2v) is 8.48. The number of rotatable bonds is 5. The summed E-state index contributed by atoms with van der Waals surface area (Å²) in [5.74, 6) is 0.427. The molecule has 0 aromatic heterocycles. The number of nitriles is 1. The van der Waals surface area contributed by atoms with E-state index in [9.17, 15) is 8.53 Å². The molecule has 1 amide bonds. The van der Waals surface area contributed by atoms with Crippen molar-refractivity contribution in [1.29, 1.82) is 5.26 Å². The van der Waals surface area contributed by atoms with Gasteiger partial charge in [-0.2, -0.15) is 5.26 Å². The summed E-state index contributed by atoms with van der Waals surface area (Å²) < 4.78 is 29.0. The fraction of sp³-hybridized carbons (Fsp3) is 0.176. The van der Waals surface area contributed by atoms with Crippen molar-refractivity contribution >= 4 is 30.1 Å². The third kappa shape index (κ3) is 6.74. The standard InChI is InChI=1S/C9H9NO.C8H10AsNO5/c1-2-11-9-6-4-3-5-8(9)7-10;1-6(11)10-8-4-2-7(3-5-8)9(12,13)15-14/h3-6H,2H2,1H3;2-5,14H,1H3,(H,10,11)(H,12,13). The van der Waals surface area contributed by atoms with E-state index in [2.05, 4.69) is 15.3 Å². The SMILES string of the molecule is CC(=O)Nc1ccc([As](=O)(O)OO)cc1.CCOc1ccccc1C#N. The molecule has 1 atom stereocenters. The minimum absolute atomic E-state index is 0.00438. The smallest absolute Gasteiger partial charge is 0.137 e. The summed E-state index contributed by atoms with van der Waals surface area (Å²) in [6, 6.07) is 14.8. The summed E-state index contributed by atoms with van der Waals surface area (Å²) in [6.45, 7) is 3.85. The van der Waals surface area contributed by atoms with Gasteiger partial charge in [0.05, 0.1) is 12.2 Å². The zero-order chi connectivity index (χ0) is 19.6. The molecule has 0 aliphatic carbocycles. The molecule has 0 radical (unpaired) electrons. The maximum atomic E-state index is 11.2. The second kappa shape index (κ2) is 10.4. The Kier molecular flexibility index (Phi) is 8.62. The summed E-state index contributed by atoms with van der Waals surface area (Å²) in [5, 5.41) is 19.3. The molecule has 2 aromatic rings. The van der Waals surface area contributed by atoms with Gasteiger partial charge in [-0.05, 0) is 19.1 Å². The van der Waals surface area contributed by atoms with Crippen LogP contribution < -0.4 is 14.4 Å². The summed E-state index contributed by atoms with van der Waals surface area (Å²) >= 11 is -4.76. The van der Waals surface area contributed by atoms with Crippen LogP contribution in [0, 0.1) is 11.3 Å². The van der Waals surface area contributed by atoms with Gasteiger partial charge in [0.25, 0.3) is 0 Å². The second-order valence-electron chi connectivity index (χ2n) is 4.87. The first-order valence-corrected chi connectivity index (χ1v) is 10.8. The molecule has 0 bridgehead atoms. The van der Waals surface area contributed by atoms with Crippen LogP contribution in [-0.4, -0.2) is 36.0 Å². The van der Waals surface area contributed by atoms with E-state index in [1.807, 2.05) is 19.1 Å². The number of amides is 1. The summed E-state index contributed by atoms with van der Waals surface area (Å²) in [6.07, 6.45) is 0. The van der Waals surface area contributed by atoms with Gasteiger partial charge in [-0.25, -0.2) is 0 Å². The average Bonchev–Trinajstić information content (AvgIpc) is 2.63. The molecule has 0 saturated heterocycles. The number of hydrogen-bond acceptors (Lipinski definition) is 6. The van der Waals surface area contributed by atoms with Gasteiger partial charge in [-0.15, -0.1) is 0 Å². The number of para-hydroxylation sites is 1. The molecule has 3 N–H and O–H groups in total. The van der Waals surface area contributed by atoms with Crippen LogP contribution >= 0.6 is 0 Å². The zero-order valence-corrected chi connectivity index (χ0v) is 16.1. The molecule has 2 rings (SSSR count). The van der Waals surface area contributed by atoms with Crippen LogP contribution in [0.15, 0.2) is 48.5 Å². The molecule has 0 aliphatic heterocycles. The monoisotopic (exact) mass is 422 g/mol. The van der Waals surface area contributed by atoms with Crippen molar-refractivity contribution in [2.75, 3.05) is 11.9 Å². The Labute approximate surface area is 153 Å². The number of nitrogens with zero attached hydrogens (tertiary/aromatic N) is 1. The summed E-state index contributed by atoms with van der Waals surface area (Å²) in [5.41, 5.74) is 1.09. The van der Waals surface area contributed by atoms with Crippen LogP contribution in [0.4, 0.5) is 5.69 Å².